The molecular formula is C17H20FN. The summed E-state index contributed by atoms with van der Waals surface area (Å²) in [5.41, 5.74) is 5.93. The summed E-state index contributed by atoms with van der Waals surface area (Å²) in [5.74, 6) is 0. The highest BCUT2D eigenvalue weighted by Crippen LogP contribution is 2.35. The van der Waals surface area contributed by atoms with Crippen LogP contribution in [0.1, 0.15) is 31.2 Å². The molecule has 0 amide bonds. The molecule has 100 valence electrons. The van der Waals surface area contributed by atoms with Gasteiger partial charge < -0.3 is 5.73 Å². The Hall–Kier alpha value is -1.41. The normalized spacial score (nSPS) is 27.6. The third kappa shape index (κ3) is 2.64. The standard InChI is InChI=1S/C17H20FN/c18-17(10-8-15(19)9-11-17)12-14-6-3-5-13-4-1-2-7-16(13)14/h1-7,15H,8-12,19H2. The van der Waals surface area contributed by atoms with Crippen molar-refractivity contribution in [2.24, 2.45) is 5.73 Å². The molecular weight excluding hydrogens is 237 g/mol. The third-order valence-electron chi connectivity index (χ3n) is 4.31. The first kappa shape index (κ1) is 12.6. The Morgan fingerprint density at radius 2 is 1.74 bits per heavy atom. The van der Waals surface area contributed by atoms with Gasteiger partial charge >= 0.3 is 0 Å². The summed E-state index contributed by atoms with van der Waals surface area (Å²) in [6, 6.07) is 14.6. The predicted octanol–water partition coefficient (Wildman–Crippen LogP) is 3.99. The van der Waals surface area contributed by atoms with Crippen molar-refractivity contribution >= 4 is 10.8 Å². The molecule has 0 bridgehead atoms. The Morgan fingerprint density at radius 1 is 1.05 bits per heavy atom. The van der Waals surface area contributed by atoms with Crippen molar-refractivity contribution in [3.05, 3.63) is 48.0 Å². The molecule has 2 aromatic carbocycles. The summed E-state index contributed by atoms with van der Waals surface area (Å²) < 4.78 is 14.9. The molecule has 2 heteroatoms. The lowest BCUT2D eigenvalue weighted by molar-refractivity contribution is 0.0999. The third-order valence-corrected chi connectivity index (χ3v) is 4.31. The van der Waals surface area contributed by atoms with E-state index in [2.05, 4.69) is 24.3 Å². The molecule has 0 aliphatic heterocycles. The molecule has 0 aromatic heterocycles. The zero-order valence-electron chi connectivity index (χ0n) is 11.1. The lowest BCUT2D eigenvalue weighted by Crippen LogP contribution is -2.37. The molecule has 0 unspecified atom stereocenters. The lowest BCUT2D eigenvalue weighted by atomic mass is 9.79. The van der Waals surface area contributed by atoms with Crippen molar-refractivity contribution in [2.75, 3.05) is 0 Å². The summed E-state index contributed by atoms with van der Waals surface area (Å²) in [5, 5.41) is 2.37. The van der Waals surface area contributed by atoms with Gasteiger partial charge in [-0.2, -0.15) is 0 Å². The van der Waals surface area contributed by atoms with Crippen LogP contribution in [0, 0.1) is 0 Å². The zero-order chi connectivity index (χ0) is 13.3. The minimum absolute atomic E-state index is 0.191. The minimum atomic E-state index is -1.07. The maximum absolute atomic E-state index is 14.9. The number of halogens is 1. The molecule has 1 aliphatic carbocycles. The molecule has 1 saturated carbocycles. The van der Waals surface area contributed by atoms with E-state index in [-0.39, 0.29) is 6.04 Å². The molecule has 0 spiro atoms. The number of nitrogens with two attached hydrogens (primary N) is 1. The van der Waals surface area contributed by atoms with E-state index in [1.165, 1.54) is 10.8 Å². The van der Waals surface area contributed by atoms with E-state index in [9.17, 15) is 4.39 Å². The monoisotopic (exact) mass is 257 g/mol. The molecule has 2 N–H and O–H groups in total. The van der Waals surface area contributed by atoms with Crippen molar-refractivity contribution in [3.8, 4) is 0 Å². The fourth-order valence-electron chi connectivity index (χ4n) is 3.12. The molecule has 0 radical (unpaired) electrons. The summed E-state index contributed by atoms with van der Waals surface area (Å²) in [6.45, 7) is 0. The summed E-state index contributed by atoms with van der Waals surface area (Å²) >= 11 is 0. The van der Waals surface area contributed by atoms with Gasteiger partial charge in [0.05, 0.1) is 0 Å². The fourth-order valence-corrected chi connectivity index (χ4v) is 3.12. The highest BCUT2D eigenvalue weighted by Gasteiger charge is 2.34. The highest BCUT2D eigenvalue weighted by atomic mass is 19.1. The van der Waals surface area contributed by atoms with E-state index in [0.29, 0.717) is 19.3 Å². The van der Waals surface area contributed by atoms with Gasteiger partial charge in [-0.3, -0.25) is 0 Å². The van der Waals surface area contributed by atoms with Crippen molar-refractivity contribution < 1.29 is 4.39 Å². The number of benzene rings is 2. The van der Waals surface area contributed by atoms with Crippen molar-refractivity contribution in [3.63, 3.8) is 0 Å². The quantitative estimate of drug-likeness (QED) is 0.865. The van der Waals surface area contributed by atoms with Crippen LogP contribution in [-0.4, -0.2) is 11.7 Å². The van der Waals surface area contributed by atoms with E-state index >= 15 is 0 Å². The van der Waals surface area contributed by atoms with Gasteiger partial charge in [0.25, 0.3) is 0 Å². The van der Waals surface area contributed by atoms with Gasteiger partial charge in [-0.1, -0.05) is 42.5 Å². The molecule has 0 saturated heterocycles. The number of hydrogen-bond donors (Lipinski definition) is 1. The second-order valence-corrected chi connectivity index (χ2v) is 5.80. The molecule has 2 aromatic rings. The van der Waals surface area contributed by atoms with Crippen LogP contribution in [0.3, 0.4) is 0 Å². The number of alkyl halides is 1. The van der Waals surface area contributed by atoms with Crippen LogP contribution in [0.2, 0.25) is 0 Å². The van der Waals surface area contributed by atoms with Gasteiger partial charge in [-0.15, -0.1) is 0 Å². The highest BCUT2D eigenvalue weighted by molar-refractivity contribution is 5.85. The van der Waals surface area contributed by atoms with Gasteiger partial charge in [-0.05, 0) is 42.0 Å². The van der Waals surface area contributed by atoms with Crippen LogP contribution in [-0.2, 0) is 6.42 Å². The van der Waals surface area contributed by atoms with Gasteiger partial charge in [-0.25, -0.2) is 4.39 Å². The second kappa shape index (κ2) is 4.93. The minimum Gasteiger partial charge on any atom is -0.328 e. The Balaban J connectivity index is 1.89. The molecule has 19 heavy (non-hydrogen) atoms. The summed E-state index contributed by atoms with van der Waals surface area (Å²) in [7, 11) is 0. The first-order valence-electron chi connectivity index (χ1n) is 7.07. The Bertz CT molecular complexity index is 565. The summed E-state index contributed by atoms with van der Waals surface area (Å²) in [6.07, 6.45) is 3.32. The topological polar surface area (TPSA) is 26.0 Å². The van der Waals surface area contributed by atoms with E-state index in [1.54, 1.807) is 0 Å². The SMILES string of the molecule is NC1CCC(F)(Cc2cccc3ccccc23)CC1. The molecule has 3 rings (SSSR count). The predicted molar refractivity (Wildman–Crippen MR) is 77.9 cm³/mol. The van der Waals surface area contributed by atoms with Crippen LogP contribution in [0.4, 0.5) is 4.39 Å². The second-order valence-electron chi connectivity index (χ2n) is 5.80. The van der Waals surface area contributed by atoms with Gasteiger partial charge in [0.15, 0.2) is 0 Å². The maximum atomic E-state index is 14.9. The molecule has 0 atom stereocenters. The van der Waals surface area contributed by atoms with Crippen LogP contribution < -0.4 is 5.73 Å². The van der Waals surface area contributed by atoms with Crippen LogP contribution in [0.5, 0.6) is 0 Å². The van der Waals surface area contributed by atoms with Gasteiger partial charge in [0.1, 0.15) is 5.67 Å². The first-order chi connectivity index (χ1) is 9.16. The fraction of sp³-hybridized carbons (Fsp3) is 0.412. The number of fused-ring (bicyclic) bond motifs is 1. The van der Waals surface area contributed by atoms with Crippen molar-refractivity contribution in [1.82, 2.24) is 0 Å². The largest absolute Gasteiger partial charge is 0.328 e. The van der Waals surface area contributed by atoms with E-state index in [1.807, 2.05) is 18.2 Å². The Morgan fingerprint density at radius 3 is 2.53 bits per heavy atom. The molecule has 0 heterocycles. The summed E-state index contributed by atoms with van der Waals surface area (Å²) in [4.78, 5) is 0. The lowest BCUT2D eigenvalue weighted by Gasteiger charge is -2.32. The van der Waals surface area contributed by atoms with Crippen LogP contribution in [0.25, 0.3) is 10.8 Å². The molecule has 1 fully saturated rings. The first-order valence-corrected chi connectivity index (χ1v) is 7.07. The van der Waals surface area contributed by atoms with E-state index in [4.69, 9.17) is 5.73 Å². The van der Waals surface area contributed by atoms with Crippen molar-refractivity contribution in [1.29, 1.82) is 0 Å². The number of hydrogen-bond acceptors (Lipinski definition) is 1. The molecule has 1 nitrogen and oxygen atoms in total. The Kier molecular flexibility index (Phi) is 3.28. The van der Waals surface area contributed by atoms with E-state index < -0.39 is 5.67 Å². The van der Waals surface area contributed by atoms with Crippen LogP contribution >= 0.6 is 0 Å². The maximum Gasteiger partial charge on any atom is 0.115 e. The van der Waals surface area contributed by atoms with Gasteiger partial charge in [0, 0.05) is 12.5 Å². The average Bonchev–Trinajstić information content (AvgIpc) is 2.43. The van der Waals surface area contributed by atoms with Crippen molar-refractivity contribution in [2.45, 2.75) is 43.8 Å². The Labute approximate surface area is 113 Å². The average molecular weight is 257 g/mol. The van der Waals surface area contributed by atoms with E-state index in [0.717, 1.165) is 18.4 Å². The molecule has 1 aliphatic rings. The smallest absolute Gasteiger partial charge is 0.115 e. The zero-order valence-corrected chi connectivity index (χ0v) is 11.1. The van der Waals surface area contributed by atoms with Gasteiger partial charge in [0.2, 0.25) is 0 Å². The van der Waals surface area contributed by atoms with Crippen LogP contribution in [0.15, 0.2) is 42.5 Å². The number of rotatable bonds is 2.